The predicted molar refractivity (Wildman–Crippen MR) is 113 cm³/mol. The van der Waals surface area contributed by atoms with Crippen molar-refractivity contribution in [1.82, 2.24) is 0 Å². The van der Waals surface area contributed by atoms with Crippen molar-refractivity contribution in [3.8, 4) is 11.5 Å². The summed E-state index contributed by atoms with van der Waals surface area (Å²) in [6.07, 6.45) is 3.52. The van der Waals surface area contributed by atoms with Crippen molar-refractivity contribution < 1.29 is 18.7 Å². The third-order valence-electron chi connectivity index (χ3n) is 5.55. The molecule has 0 spiro atoms. The summed E-state index contributed by atoms with van der Waals surface area (Å²) in [4.78, 5) is 12.3. The molecule has 1 aliphatic rings. The second-order valence-electron chi connectivity index (χ2n) is 7.27. The van der Waals surface area contributed by atoms with E-state index in [0.29, 0.717) is 28.0 Å². The predicted octanol–water partition coefficient (Wildman–Crippen LogP) is 5.87. The third kappa shape index (κ3) is 5.36. The number of ether oxygens (including phenoxy) is 2. The van der Waals surface area contributed by atoms with E-state index in [2.05, 4.69) is 19.1 Å². The average Bonchev–Trinajstić information content (AvgIpc) is 2.74. The Morgan fingerprint density at radius 2 is 1.71 bits per heavy atom. The van der Waals surface area contributed by atoms with Crippen LogP contribution in [0, 0.1) is 0 Å². The summed E-state index contributed by atoms with van der Waals surface area (Å²) in [7, 11) is -0.789. The second kappa shape index (κ2) is 10.1. The maximum absolute atomic E-state index is 12.3. The van der Waals surface area contributed by atoms with Crippen LogP contribution in [0.4, 0.5) is 4.39 Å². The van der Waals surface area contributed by atoms with Crippen LogP contribution in [0.5, 0.6) is 11.5 Å². The molecule has 0 bridgehead atoms. The van der Waals surface area contributed by atoms with Gasteiger partial charge in [0, 0.05) is 5.00 Å². The number of alkyl halides is 2. The maximum Gasteiger partial charge on any atom is 0.343 e. The summed E-state index contributed by atoms with van der Waals surface area (Å²) in [6, 6.07) is 16.7. The van der Waals surface area contributed by atoms with Gasteiger partial charge in [-0.2, -0.15) is 0 Å². The van der Waals surface area contributed by atoms with E-state index in [4.69, 9.17) is 21.1 Å². The number of carbonyl (C=O) groups is 1. The molecule has 0 aliphatic carbocycles. The fourth-order valence-corrected chi connectivity index (χ4v) is 7.97. The molecule has 3 nitrogen and oxygen atoms in total. The van der Waals surface area contributed by atoms with Gasteiger partial charge in [0.1, 0.15) is 11.5 Å². The van der Waals surface area contributed by atoms with Gasteiger partial charge < -0.3 is 9.47 Å². The zero-order valence-corrected chi connectivity index (χ0v) is 18.0. The molecule has 1 unspecified atom stereocenters. The quantitative estimate of drug-likeness (QED) is 0.243. The van der Waals surface area contributed by atoms with E-state index in [-0.39, 0.29) is 0 Å². The van der Waals surface area contributed by atoms with Crippen molar-refractivity contribution in [3.05, 3.63) is 59.7 Å². The smallest absolute Gasteiger partial charge is 0.343 e. The maximum atomic E-state index is 12.3. The molecule has 0 radical (unpaired) electrons. The first-order valence-electron chi connectivity index (χ1n) is 9.85. The van der Waals surface area contributed by atoms with Gasteiger partial charge in [0.2, 0.25) is 6.86 Å². The lowest BCUT2D eigenvalue weighted by atomic mass is 9.93. The molecule has 150 valence electrons. The van der Waals surface area contributed by atoms with Crippen LogP contribution in [0.15, 0.2) is 48.5 Å². The summed E-state index contributed by atoms with van der Waals surface area (Å²) in [5, 5.41) is 0.431. The Labute approximate surface area is 172 Å². The molecule has 0 amide bonds. The number of halogens is 2. The van der Waals surface area contributed by atoms with Crippen LogP contribution in [0.2, 0.25) is 12.1 Å². The van der Waals surface area contributed by atoms with E-state index >= 15 is 0 Å². The van der Waals surface area contributed by atoms with Gasteiger partial charge >= 0.3 is 5.97 Å². The summed E-state index contributed by atoms with van der Waals surface area (Å²) in [5.41, 5.74) is 1.70. The van der Waals surface area contributed by atoms with Crippen molar-refractivity contribution in [3.63, 3.8) is 0 Å². The second-order valence-corrected chi connectivity index (χ2v) is 11.7. The number of carbonyl (C=O) groups excluding carboxylic acids is 1. The molecule has 1 fully saturated rings. The molecular formula is C22H26ClFO3Si. The first-order chi connectivity index (χ1) is 13.6. The molecule has 0 saturated carbocycles. The van der Waals surface area contributed by atoms with Crippen molar-refractivity contribution in [1.29, 1.82) is 0 Å². The van der Waals surface area contributed by atoms with Gasteiger partial charge in [0.15, 0.2) is 0 Å². The van der Waals surface area contributed by atoms with Crippen LogP contribution in [-0.4, -0.2) is 26.6 Å². The zero-order chi connectivity index (χ0) is 19.9. The van der Waals surface area contributed by atoms with E-state index in [0.717, 1.165) is 6.42 Å². The molecule has 2 aromatic rings. The Hall–Kier alpha value is -1.85. The van der Waals surface area contributed by atoms with E-state index in [1.54, 1.807) is 24.3 Å². The summed E-state index contributed by atoms with van der Waals surface area (Å²) in [6.45, 7) is 1.29. The van der Waals surface area contributed by atoms with Gasteiger partial charge in [0.25, 0.3) is 0 Å². The molecule has 2 aromatic carbocycles. The average molecular weight is 421 g/mol. The van der Waals surface area contributed by atoms with Crippen molar-refractivity contribution >= 4 is 26.4 Å². The fourth-order valence-electron chi connectivity index (χ4n) is 3.87. The lowest BCUT2D eigenvalue weighted by molar-refractivity contribution is 0.0734. The highest BCUT2D eigenvalue weighted by molar-refractivity contribution is 6.69. The standard InChI is InChI=1S/C22H26ClFO3Si/c1-2-21(23)28-13-11-17(12-14-28)16-3-9-20(10-4-16)27-22(25)18-5-7-19(8-6-18)26-15-24/h3-10,17,21,28H,2,11-15H2,1H3. The van der Waals surface area contributed by atoms with Crippen LogP contribution < -0.4 is 9.47 Å². The van der Waals surface area contributed by atoms with Crippen LogP contribution >= 0.6 is 11.6 Å². The van der Waals surface area contributed by atoms with E-state index in [1.807, 2.05) is 12.1 Å². The van der Waals surface area contributed by atoms with Crippen molar-refractivity contribution in [2.24, 2.45) is 0 Å². The number of hydrogen-bond acceptors (Lipinski definition) is 3. The molecule has 6 heteroatoms. The molecule has 1 aliphatic heterocycles. The minimum absolute atomic E-state index is 0.376. The lowest BCUT2D eigenvalue weighted by Crippen LogP contribution is -2.30. The number of rotatable bonds is 7. The molecule has 28 heavy (non-hydrogen) atoms. The molecule has 0 aromatic heterocycles. The summed E-state index contributed by atoms with van der Waals surface area (Å²) >= 11 is 6.47. The summed E-state index contributed by atoms with van der Waals surface area (Å²) in [5.74, 6) is 1.03. The van der Waals surface area contributed by atoms with Crippen LogP contribution in [0.3, 0.4) is 0 Å². The fraction of sp³-hybridized carbons (Fsp3) is 0.409. The van der Waals surface area contributed by atoms with Gasteiger partial charge in [-0.3, -0.25) is 0 Å². The monoisotopic (exact) mass is 420 g/mol. The van der Waals surface area contributed by atoms with E-state index in [9.17, 15) is 9.18 Å². The minimum Gasteiger partial charge on any atom is -0.463 e. The summed E-state index contributed by atoms with van der Waals surface area (Å²) < 4.78 is 22.3. The first-order valence-corrected chi connectivity index (χ1v) is 12.6. The van der Waals surface area contributed by atoms with Gasteiger partial charge in [-0.25, -0.2) is 9.18 Å². The van der Waals surface area contributed by atoms with E-state index < -0.39 is 21.6 Å². The van der Waals surface area contributed by atoms with Crippen molar-refractivity contribution in [2.75, 3.05) is 6.86 Å². The van der Waals surface area contributed by atoms with Crippen LogP contribution in [0.25, 0.3) is 0 Å². The normalized spacial score (nSPS) is 20.4. The molecule has 3 rings (SSSR count). The topological polar surface area (TPSA) is 35.5 Å². The lowest BCUT2D eigenvalue weighted by Gasteiger charge is -2.30. The molecule has 1 atom stereocenters. The van der Waals surface area contributed by atoms with Gasteiger partial charge in [-0.05, 0) is 67.1 Å². The third-order valence-corrected chi connectivity index (χ3v) is 10.6. The van der Waals surface area contributed by atoms with Gasteiger partial charge in [-0.1, -0.05) is 31.1 Å². The van der Waals surface area contributed by atoms with Crippen LogP contribution in [0.1, 0.15) is 48.0 Å². The Bertz CT molecular complexity index is 758. The van der Waals surface area contributed by atoms with Gasteiger partial charge in [-0.15, -0.1) is 11.6 Å². The van der Waals surface area contributed by atoms with Gasteiger partial charge in [0.05, 0.1) is 14.4 Å². The van der Waals surface area contributed by atoms with E-state index in [1.165, 1.54) is 30.5 Å². The number of hydrogen-bond donors (Lipinski definition) is 0. The minimum atomic E-state index is -0.898. The van der Waals surface area contributed by atoms with Crippen LogP contribution in [-0.2, 0) is 0 Å². The molecule has 1 heterocycles. The molecule has 0 N–H and O–H groups in total. The largest absolute Gasteiger partial charge is 0.463 e. The Balaban J connectivity index is 1.55. The SMILES string of the molecule is CCC(Cl)[SiH]1CCC(c2ccc(OC(=O)c3ccc(OCF)cc3)cc2)CC1. The Morgan fingerprint density at radius 1 is 1.11 bits per heavy atom. The first kappa shape index (κ1) is 20.9. The Kier molecular flexibility index (Phi) is 7.51. The zero-order valence-electron chi connectivity index (χ0n) is 16.1. The highest BCUT2D eigenvalue weighted by atomic mass is 35.5. The Morgan fingerprint density at radius 3 is 2.29 bits per heavy atom. The van der Waals surface area contributed by atoms with Crippen molar-refractivity contribution in [2.45, 2.75) is 49.2 Å². The highest BCUT2D eigenvalue weighted by Gasteiger charge is 2.27. The molecular weight excluding hydrogens is 395 g/mol. The number of benzene rings is 2. The molecule has 1 saturated heterocycles. The number of esters is 1. The highest BCUT2D eigenvalue weighted by Crippen LogP contribution is 2.36.